The average molecular weight is 520 g/mol. The maximum Gasteiger partial charge on any atom is 0.319 e. The van der Waals surface area contributed by atoms with Crippen molar-refractivity contribution in [2.24, 2.45) is 0 Å². The number of anilines is 2. The van der Waals surface area contributed by atoms with Gasteiger partial charge in [0, 0.05) is 63.8 Å². The van der Waals surface area contributed by atoms with Gasteiger partial charge in [0.15, 0.2) is 0 Å². The van der Waals surface area contributed by atoms with Crippen molar-refractivity contribution in [1.29, 1.82) is 0 Å². The number of ether oxygens (including phenoxy) is 1. The summed E-state index contributed by atoms with van der Waals surface area (Å²) in [5.41, 5.74) is 1.84. The smallest absolute Gasteiger partial charge is 0.319 e. The molecule has 4 rings (SSSR count). The second-order valence-electron chi connectivity index (χ2n) is 8.76. The number of amides is 3. The summed E-state index contributed by atoms with van der Waals surface area (Å²) in [5, 5.41) is 19.4. The van der Waals surface area contributed by atoms with Gasteiger partial charge in [-0.2, -0.15) is 0 Å². The number of carbonyl (C=O) groups excluding carboxylic acids is 2. The molecule has 0 aliphatic carbocycles. The van der Waals surface area contributed by atoms with Crippen molar-refractivity contribution >= 4 is 29.0 Å². The van der Waals surface area contributed by atoms with Gasteiger partial charge in [-0.15, -0.1) is 0 Å². The van der Waals surface area contributed by atoms with Crippen molar-refractivity contribution in [3.8, 4) is 11.5 Å². The maximum absolute atomic E-state index is 12.6. The maximum atomic E-state index is 12.6. The molecule has 0 radical (unpaired) electrons. The summed E-state index contributed by atoms with van der Waals surface area (Å²) in [5.74, 6) is 0.694. The average Bonchev–Trinajstić information content (AvgIpc) is 2.92. The molecule has 3 aromatic rings. The molecule has 0 saturated carbocycles. The standard InChI is InChI=1S/C26H29N7O5/c1-27-25(34)23-16-21(9-10-28-23)38-20-6-3-18(4-7-20)17-29-26(35)30-22-15-19(5-8-24(22)33(36)37)32-13-11-31(2)12-14-32/h3-10,15-16H,11-14,17H2,1-2H3,(H,27,34)(H2,29,30,35). The molecule has 1 fully saturated rings. The Hall–Kier alpha value is -4.71. The van der Waals surface area contributed by atoms with Gasteiger partial charge in [-0.3, -0.25) is 19.9 Å². The zero-order valence-electron chi connectivity index (χ0n) is 21.1. The normalized spacial score (nSPS) is 13.5. The van der Waals surface area contributed by atoms with Crippen LogP contribution in [0.4, 0.5) is 21.9 Å². The fourth-order valence-corrected chi connectivity index (χ4v) is 3.93. The van der Waals surface area contributed by atoms with Crippen LogP contribution in [-0.2, 0) is 6.54 Å². The minimum absolute atomic E-state index is 0.140. The molecule has 3 amide bonds. The Bertz CT molecular complexity index is 1310. The largest absolute Gasteiger partial charge is 0.457 e. The van der Waals surface area contributed by atoms with Gasteiger partial charge >= 0.3 is 6.03 Å². The Balaban J connectivity index is 1.35. The number of nitro groups is 1. The van der Waals surface area contributed by atoms with Crippen LogP contribution in [0.3, 0.4) is 0 Å². The number of aromatic nitrogens is 1. The lowest BCUT2D eigenvalue weighted by Gasteiger charge is -2.34. The van der Waals surface area contributed by atoms with Gasteiger partial charge in [0.25, 0.3) is 11.6 Å². The van der Waals surface area contributed by atoms with Gasteiger partial charge in [0.05, 0.1) is 4.92 Å². The fourth-order valence-electron chi connectivity index (χ4n) is 3.93. The number of benzene rings is 2. The van der Waals surface area contributed by atoms with Gasteiger partial charge < -0.3 is 30.5 Å². The summed E-state index contributed by atoms with van der Waals surface area (Å²) < 4.78 is 5.79. The molecule has 1 aromatic heterocycles. The van der Waals surface area contributed by atoms with Gasteiger partial charge in [0.2, 0.25) is 0 Å². The van der Waals surface area contributed by atoms with E-state index in [2.05, 4.69) is 37.8 Å². The van der Waals surface area contributed by atoms with Crippen LogP contribution in [0.15, 0.2) is 60.8 Å². The highest BCUT2D eigenvalue weighted by Gasteiger charge is 2.20. The molecule has 0 unspecified atom stereocenters. The first kappa shape index (κ1) is 26.4. The third-order valence-electron chi connectivity index (χ3n) is 6.10. The fraction of sp³-hybridized carbons (Fsp3) is 0.269. The zero-order valence-corrected chi connectivity index (χ0v) is 21.1. The minimum atomic E-state index is -0.553. The Labute approximate surface area is 219 Å². The monoisotopic (exact) mass is 519 g/mol. The summed E-state index contributed by atoms with van der Waals surface area (Å²) in [6.07, 6.45) is 1.49. The van der Waals surface area contributed by atoms with E-state index < -0.39 is 11.0 Å². The zero-order chi connectivity index (χ0) is 27.1. The van der Waals surface area contributed by atoms with Crippen molar-refractivity contribution in [3.63, 3.8) is 0 Å². The van der Waals surface area contributed by atoms with Crippen molar-refractivity contribution in [2.45, 2.75) is 6.54 Å². The lowest BCUT2D eigenvalue weighted by Crippen LogP contribution is -2.44. The van der Waals surface area contributed by atoms with Crippen LogP contribution in [0.5, 0.6) is 11.5 Å². The van der Waals surface area contributed by atoms with E-state index in [1.807, 2.05) is 0 Å². The van der Waals surface area contributed by atoms with E-state index in [1.54, 1.807) is 42.5 Å². The topological polar surface area (TPSA) is 142 Å². The quantitative estimate of drug-likeness (QED) is 0.304. The first-order valence-corrected chi connectivity index (χ1v) is 12.0. The molecule has 1 saturated heterocycles. The number of piperazine rings is 1. The molecule has 38 heavy (non-hydrogen) atoms. The van der Waals surface area contributed by atoms with Crippen molar-refractivity contribution < 1.29 is 19.2 Å². The van der Waals surface area contributed by atoms with E-state index in [0.717, 1.165) is 37.4 Å². The highest BCUT2D eigenvalue weighted by atomic mass is 16.6. The number of hydrogen-bond donors (Lipinski definition) is 3. The molecule has 0 bridgehead atoms. The Morgan fingerprint density at radius 1 is 1.03 bits per heavy atom. The molecule has 0 spiro atoms. The second kappa shape index (κ2) is 12.0. The van der Waals surface area contributed by atoms with E-state index in [-0.39, 0.29) is 29.5 Å². The Kier molecular flexibility index (Phi) is 8.34. The second-order valence-corrected chi connectivity index (χ2v) is 8.76. The van der Waals surface area contributed by atoms with Gasteiger partial charge in [-0.25, -0.2) is 4.79 Å². The van der Waals surface area contributed by atoms with Crippen LogP contribution in [-0.4, -0.2) is 67.0 Å². The number of urea groups is 1. The minimum Gasteiger partial charge on any atom is -0.457 e. The lowest BCUT2D eigenvalue weighted by molar-refractivity contribution is -0.383. The van der Waals surface area contributed by atoms with Crippen molar-refractivity contribution in [2.75, 3.05) is 50.5 Å². The molecule has 3 N–H and O–H groups in total. The van der Waals surface area contributed by atoms with E-state index in [0.29, 0.717) is 11.5 Å². The third kappa shape index (κ3) is 6.73. The van der Waals surface area contributed by atoms with Crippen LogP contribution < -0.4 is 25.6 Å². The molecule has 2 heterocycles. The summed E-state index contributed by atoms with van der Waals surface area (Å²) in [4.78, 5) is 43.7. The first-order chi connectivity index (χ1) is 18.3. The van der Waals surface area contributed by atoms with Crippen LogP contribution in [0.25, 0.3) is 0 Å². The number of nitro benzene ring substituents is 1. The van der Waals surface area contributed by atoms with E-state index in [9.17, 15) is 19.7 Å². The molecule has 1 aliphatic heterocycles. The van der Waals surface area contributed by atoms with Gasteiger partial charge in [-0.05, 0) is 42.9 Å². The SMILES string of the molecule is CNC(=O)c1cc(Oc2ccc(CNC(=O)Nc3cc(N4CCN(C)CC4)ccc3[N+](=O)[O-])cc2)ccn1. The van der Waals surface area contributed by atoms with Crippen LogP contribution >= 0.6 is 0 Å². The van der Waals surface area contributed by atoms with Crippen LogP contribution in [0.1, 0.15) is 16.1 Å². The number of likely N-dealkylation sites (N-methyl/N-ethyl adjacent to an activating group) is 1. The number of nitrogens with zero attached hydrogens (tertiary/aromatic N) is 4. The van der Waals surface area contributed by atoms with Crippen molar-refractivity contribution in [3.05, 3.63) is 82.2 Å². The summed E-state index contributed by atoms with van der Waals surface area (Å²) in [7, 11) is 3.58. The van der Waals surface area contributed by atoms with E-state index in [4.69, 9.17) is 4.74 Å². The molecule has 198 valence electrons. The van der Waals surface area contributed by atoms with E-state index >= 15 is 0 Å². The molecular weight excluding hydrogens is 490 g/mol. The highest BCUT2D eigenvalue weighted by molar-refractivity contribution is 5.93. The summed E-state index contributed by atoms with van der Waals surface area (Å²) in [6, 6.07) is 14.4. The molecular formula is C26H29N7O5. The number of hydrogen-bond acceptors (Lipinski definition) is 8. The predicted molar refractivity (Wildman–Crippen MR) is 143 cm³/mol. The van der Waals surface area contributed by atoms with Gasteiger partial charge in [0.1, 0.15) is 22.9 Å². The highest BCUT2D eigenvalue weighted by Crippen LogP contribution is 2.30. The molecule has 12 heteroatoms. The van der Waals surface area contributed by atoms with Crippen LogP contribution in [0.2, 0.25) is 0 Å². The number of rotatable bonds is 8. The number of nitrogens with one attached hydrogen (secondary N) is 3. The molecule has 2 aromatic carbocycles. The number of carbonyl (C=O) groups is 2. The predicted octanol–water partition coefficient (Wildman–Crippen LogP) is 3.22. The molecule has 1 aliphatic rings. The third-order valence-corrected chi connectivity index (χ3v) is 6.10. The Morgan fingerprint density at radius 3 is 2.45 bits per heavy atom. The Morgan fingerprint density at radius 2 is 1.76 bits per heavy atom. The van der Waals surface area contributed by atoms with Gasteiger partial charge in [-0.1, -0.05) is 12.1 Å². The molecule has 0 atom stereocenters. The van der Waals surface area contributed by atoms with Crippen LogP contribution in [0, 0.1) is 10.1 Å². The first-order valence-electron chi connectivity index (χ1n) is 12.0. The molecule has 12 nitrogen and oxygen atoms in total. The summed E-state index contributed by atoms with van der Waals surface area (Å²) in [6.45, 7) is 3.59. The van der Waals surface area contributed by atoms with Crippen molar-refractivity contribution in [1.82, 2.24) is 20.5 Å². The summed E-state index contributed by atoms with van der Waals surface area (Å²) >= 11 is 0. The lowest BCUT2D eigenvalue weighted by atomic mass is 10.2. The van der Waals surface area contributed by atoms with E-state index in [1.165, 1.54) is 25.4 Å². The number of pyridine rings is 1.